The van der Waals surface area contributed by atoms with Crippen LogP contribution >= 0.6 is 0 Å². The van der Waals surface area contributed by atoms with Gasteiger partial charge in [0.25, 0.3) is 0 Å². The Balaban J connectivity index is 1.93. The van der Waals surface area contributed by atoms with Gasteiger partial charge in [-0.25, -0.2) is 4.79 Å². The van der Waals surface area contributed by atoms with Crippen molar-refractivity contribution >= 4 is 17.5 Å². The summed E-state index contributed by atoms with van der Waals surface area (Å²) < 4.78 is 5.98. The third-order valence-corrected chi connectivity index (χ3v) is 4.03. The summed E-state index contributed by atoms with van der Waals surface area (Å²) in [5, 5.41) is 11.3. The van der Waals surface area contributed by atoms with E-state index in [9.17, 15) is 4.79 Å². The fraction of sp³-hybridized carbons (Fsp3) is 0.278. The van der Waals surface area contributed by atoms with Gasteiger partial charge in [-0.15, -0.1) is 0 Å². The lowest BCUT2D eigenvalue weighted by molar-refractivity contribution is 0.170. The first-order valence-corrected chi connectivity index (χ1v) is 7.88. The molecule has 1 aliphatic heterocycles. The van der Waals surface area contributed by atoms with Crippen LogP contribution in [0.15, 0.2) is 48.5 Å². The third kappa shape index (κ3) is 3.60. The number of amides is 1. The number of hydrogen-bond donors (Lipinski definition) is 3. The predicted molar refractivity (Wildman–Crippen MR) is 93.6 cm³/mol. The molecule has 1 aliphatic rings. The topological polar surface area (TPSA) is 87.8 Å². The van der Waals surface area contributed by atoms with E-state index >= 15 is 0 Å². The number of carboxylic acid groups (broad SMARTS) is 1. The third-order valence-electron chi connectivity index (χ3n) is 4.03. The molecule has 3 rings (SSSR count). The number of fused-ring (bicyclic) bond motifs is 1. The first-order chi connectivity index (χ1) is 11.5. The largest absolute Gasteiger partial charge is 0.485 e. The Kier molecular flexibility index (Phi) is 4.57. The van der Waals surface area contributed by atoms with Gasteiger partial charge in [0.05, 0.1) is 12.2 Å². The molecule has 0 aromatic heterocycles. The zero-order valence-corrected chi connectivity index (χ0v) is 13.5. The summed E-state index contributed by atoms with van der Waals surface area (Å²) in [6.45, 7) is 3.28. The van der Waals surface area contributed by atoms with Crippen molar-refractivity contribution in [1.82, 2.24) is 0 Å². The number of nitrogens with zero attached hydrogens (tertiary/aromatic N) is 1. The van der Waals surface area contributed by atoms with Gasteiger partial charge in [0, 0.05) is 18.3 Å². The number of hydrogen-bond acceptors (Lipinski definition) is 4. The van der Waals surface area contributed by atoms with E-state index in [1.807, 2.05) is 25.1 Å². The Labute approximate surface area is 140 Å². The van der Waals surface area contributed by atoms with Gasteiger partial charge in [0.1, 0.15) is 11.9 Å². The van der Waals surface area contributed by atoms with Crippen molar-refractivity contribution in [3.8, 4) is 5.75 Å². The van der Waals surface area contributed by atoms with Gasteiger partial charge in [-0.1, -0.05) is 30.3 Å². The quantitative estimate of drug-likeness (QED) is 0.803. The summed E-state index contributed by atoms with van der Waals surface area (Å²) >= 11 is 0. The second-order valence-corrected chi connectivity index (χ2v) is 5.99. The Morgan fingerprint density at radius 3 is 2.79 bits per heavy atom. The van der Waals surface area contributed by atoms with Crippen molar-refractivity contribution in [3.63, 3.8) is 0 Å². The van der Waals surface area contributed by atoms with Crippen LogP contribution in [0.3, 0.4) is 0 Å². The average Bonchev–Trinajstić information content (AvgIpc) is 2.55. The molecular weight excluding hydrogens is 306 g/mol. The second kappa shape index (κ2) is 6.80. The predicted octanol–water partition coefficient (Wildman–Crippen LogP) is 2.89. The van der Waals surface area contributed by atoms with E-state index in [-0.39, 0.29) is 12.1 Å². The molecule has 0 spiro atoms. The maximum absolute atomic E-state index is 10.9. The van der Waals surface area contributed by atoms with Gasteiger partial charge < -0.3 is 20.5 Å². The van der Waals surface area contributed by atoms with E-state index in [2.05, 4.69) is 22.3 Å². The highest BCUT2D eigenvalue weighted by Gasteiger charge is 2.28. The highest BCUT2D eigenvalue weighted by Crippen LogP contribution is 2.37. The van der Waals surface area contributed by atoms with Gasteiger partial charge in [0.15, 0.2) is 0 Å². The lowest BCUT2D eigenvalue weighted by atomic mass is 10.1. The van der Waals surface area contributed by atoms with Crippen molar-refractivity contribution < 1.29 is 14.6 Å². The van der Waals surface area contributed by atoms with E-state index in [1.54, 1.807) is 18.2 Å². The molecule has 24 heavy (non-hydrogen) atoms. The van der Waals surface area contributed by atoms with Crippen LogP contribution in [0.4, 0.5) is 16.2 Å². The average molecular weight is 327 g/mol. The molecule has 6 nitrogen and oxygen atoms in total. The van der Waals surface area contributed by atoms with E-state index in [1.165, 1.54) is 5.56 Å². The lowest BCUT2D eigenvalue weighted by Gasteiger charge is -2.38. The first-order valence-electron chi connectivity index (χ1n) is 7.88. The summed E-state index contributed by atoms with van der Waals surface area (Å²) in [5.74, 6) is 0.718. The van der Waals surface area contributed by atoms with Gasteiger partial charge in [-0.3, -0.25) is 5.32 Å². The smallest absolute Gasteiger partial charge is 0.409 e. The van der Waals surface area contributed by atoms with Crippen molar-refractivity contribution in [3.05, 3.63) is 54.1 Å². The molecule has 2 atom stereocenters. The van der Waals surface area contributed by atoms with Crippen LogP contribution in [0.5, 0.6) is 5.75 Å². The number of nitrogens with one attached hydrogen (secondary N) is 1. The fourth-order valence-electron chi connectivity index (χ4n) is 2.81. The molecule has 4 N–H and O–H groups in total. The van der Waals surface area contributed by atoms with Crippen molar-refractivity contribution in [2.24, 2.45) is 5.73 Å². The maximum Gasteiger partial charge on any atom is 0.409 e. The maximum atomic E-state index is 10.9. The summed E-state index contributed by atoms with van der Waals surface area (Å²) in [6.07, 6.45) is -1.20. The zero-order valence-electron chi connectivity index (χ0n) is 13.5. The molecule has 2 aromatic rings. The van der Waals surface area contributed by atoms with Gasteiger partial charge >= 0.3 is 6.09 Å². The van der Waals surface area contributed by atoms with Gasteiger partial charge in [-0.05, 0) is 30.7 Å². The Bertz CT molecular complexity index is 719. The van der Waals surface area contributed by atoms with Crippen LogP contribution in [-0.2, 0) is 6.54 Å². The second-order valence-electron chi connectivity index (χ2n) is 5.99. The molecule has 1 heterocycles. The molecule has 2 aromatic carbocycles. The van der Waals surface area contributed by atoms with E-state index in [4.69, 9.17) is 15.6 Å². The first kappa shape index (κ1) is 16.1. The highest BCUT2D eigenvalue weighted by molar-refractivity contribution is 5.84. The Morgan fingerprint density at radius 1 is 1.38 bits per heavy atom. The number of carbonyl (C=O) groups is 1. The monoisotopic (exact) mass is 327 g/mol. The molecule has 6 heteroatoms. The molecule has 0 aliphatic carbocycles. The van der Waals surface area contributed by atoms with Gasteiger partial charge in [-0.2, -0.15) is 0 Å². The molecular formula is C18H21N3O3. The van der Waals surface area contributed by atoms with E-state index < -0.39 is 6.09 Å². The Hall–Kier alpha value is -2.73. The van der Waals surface area contributed by atoms with E-state index in [0.29, 0.717) is 18.8 Å². The number of anilines is 2. The fourth-order valence-corrected chi connectivity index (χ4v) is 2.81. The van der Waals surface area contributed by atoms with Crippen LogP contribution in [-0.4, -0.2) is 29.9 Å². The van der Waals surface area contributed by atoms with Crippen molar-refractivity contribution in [2.45, 2.75) is 25.6 Å². The van der Waals surface area contributed by atoms with Crippen molar-refractivity contribution in [2.75, 3.05) is 16.8 Å². The minimum absolute atomic E-state index is 0.103. The zero-order chi connectivity index (χ0) is 17.1. The Morgan fingerprint density at radius 2 is 2.12 bits per heavy atom. The summed E-state index contributed by atoms with van der Waals surface area (Å²) in [5.41, 5.74) is 8.58. The lowest BCUT2D eigenvalue weighted by Crippen LogP contribution is -2.48. The highest BCUT2D eigenvalue weighted by atomic mass is 16.5. The van der Waals surface area contributed by atoms with Crippen LogP contribution in [0.25, 0.3) is 0 Å². The molecule has 1 unspecified atom stereocenters. The molecule has 126 valence electrons. The molecule has 0 fully saturated rings. The number of benzene rings is 2. The molecule has 0 saturated heterocycles. The standard InChI is InChI=1S/C18H21N3O3/c1-12(19)17-11-21(10-13-5-3-2-4-6-13)15-9-14(20-18(22)23)7-8-16(15)24-17/h2-9,12,17,20H,10-11,19H2,1H3,(H,22,23)/t12-,17?/m0/s1. The normalized spacial score (nSPS) is 17.6. The minimum atomic E-state index is -1.09. The molecule has 0 bridgehead atoms. The summed E-state index contributed by atoms with van der Waals surface area (Å²) in [4.78, 5) is 13.1. The van der Waals surface area contributed by atoms with Crippen LogP contribution < -0.4 is 20.7 Å². The van der Waals surface area contributed by atoms with Gasteiger partial charge in [0.2, 0.25) is 0 Å². The number of rotatable bonds is 4. The summed E-state index contributed by atoms with van der Waals surface area (Å²) in [7, 11) is 0. The van der Waals surface area contributed by atoms with Crippen molar-refractivity contribution in [1.29, 1.82) is 0 Å². The minimum Gasteiger partial charge on any atom is -0.485 e. The molecule has 1 amide bonds. The van der Waals surface area contributed by atoms with Crippen LogP contribution in [0, 0.1) is 0 Å². The summed E-state index contributed by atoms with van der Waals surface area (Å²) in [6, 6.07) is 15.3. The molecule has 0 saturated carbocycles. The van der Waals surface area contributed by atoms with Crippen LogP contribution in [0.2, 0.25) is 0 Å². The number of nitrogens with two attached hydrogens (primary N) is 1. The van der Waals surface area contributed by atoms with E-state index in [0.717, 1.165) is 11.4 Å². The van der Waals surface area contributed by atoms with Crippen LogP contribution in [0.1, 0.15) is 12.5 Å². The number of ether oxygens (including phenoxy) is 1. The molecule has 0 radical (unpaired) electrons. The SMILES string of the molecule is C[C@H](N)C1CN(Cc2ccccc2)c2cc(NC(=O)O)ccc2O1.